The lowest BCUT2D eigenvalue weighted by molar-refractivity contribution is 0.550. The van der Waals surface area contributed by atoms with Gasteiger partial charge in [0.2, 0.25) is 5.95 Å². The van der Waals surface area contributed by atoms with Crippen molar-refractivity contribution >= 4 is 17.7 Å². The first-order valence-corrected chi connectivity index (χ1v) is 5.35. The third kappa shape index (κ3) is 1.80. The van der Waals surface area contributed by atoms with Gasteiger partial charge in [0.1, 0.15) is 10.7 Å². The molecule has 0 atom stereocenters. The van der Waals surface area contributed by atoms with Crippen LogP contribution in [0.5, 0.6) is 0 Å². The smallest absolute Gasteiger partial charge is 0.221 e. The second-order valence-corrected chi connectivity index (χ2v) is 3.53. The number of thioether (sulfide) groups is 1. The first kappa shape index (κ1) is 9.97. The van der Waals surface area contributed by atoms with Crippen molar-refractivity contribution in [2.24, 2.45) is 0 Å². The number of nitrogens with zero attached hydrogens (tertiary/aromatic N) is 2. The van der Waals surface area contributed by atoms with Crippen molar-refractivity contribution in [1.29, 1.82) is 0 Å². The second kappa shape index (κ2) is 3.90. The number of hydrogen-bond acceptors (Lipinski definition) is 5. The Bertz CT molecular complexity index is 472. The van der Waals surface area contributed by atoms with Crippen LogP contribution in [0.2, 0.25) is 0 Å². The number of hydrogen-bond donors (Lipinski definition) is 1. The molecule has 2 heterocycles. The summed E-state index contributed by atoms with van der Waals surface area (Å²) in [6, 6.07) is 3.28. The van der Waals surface area contributed by atoms with Crippen molar-refractivity contribution in [3.63, 3.8) is 0 Å². The molecule has 0 saturated heterocycles. The molecule has 0 aromatic carbocycles. The van der Waals surface area contributed by atoms with E-state index in [0.29, 0.717) is 5.76 Å². The van der Waals surface area contributed by atoms with Crippen LogP contribution in [-0.4, -0.2) is 16.2 Å². The molecule has 2 N–H and O–H groups in total. The Hall–Kier alpha value is -1.56. The minimum atomic E-state index is -0.508. The molecule has 0 fully saturated rings. The molecule has 0 aliphatic carbocycles. The summed E-state index contributed by atoms with van der Waals surface area (Å²) >= 11 is 1.17. The lowest BCUT2D eigenvalue weighted by Crippen LogP contribution is -2.01. The van der Waals surface area contributed by atoms with Crippen molar-refractivity contribution in [3.8, 4) is 11.5 Å². The summed E-state index contributed by atoms with van der Waals surface area (Å²) in [6.07, 6.45) is 3.17. The van der Waals surface area contributed by atoms with Crippen LogP contribution in [0.25, 0.3) is 11.5 Å². The number of aromatic nitrogens is 2. The molecule has 2 aromatic rings. The normalized spacial score (nSPS) is 10.5. The zero-order chi connectivity index (χ0) is 10.8. The fourth-order valence-electron chi connectivity index (χ4n) is 1.15. The van der Waals surface area contributed by atoms with Gasteiger partial charge in [0.25, 0.3) is 0 Å². The van der Waals surface area contributed by atoms with Gasteiger partial charge in [-0.15, -0.1) is 11.8 Å². The van der Waals surface area contributed by atoms with E-state index in [4.69, 9.17) is 10.2 Å². The first-order valence-electron chi connectivity index (χ1n) is 4.13. The number of nitrogens with two attached hydrogens (primary N) is 1. The number of halogens is 1. The lowest BCUT2D eigenvalue weighted by Gasteiger charge is -2.03. The summed E-state index contributed by atoms with van der Waals surface area (Å²) in [7, 11) is 0. The molecule has 0 aliphatic heterocycles. The van der Waals surface area contributed by atoms with Crippen LogP contribution in [0.4, 0.5) is 10.3 Å². The van der Waals surface area contributed by atoms with Crippen LogP contribution >= 0.6 is 11.8 Å². The Balaban J connectivity index is 2.61. The van der Waals surface area contributed by atoms with Crippen molar-refractivity contribution in [1.82, 2.24) is 9.97 Å². The fraction of sp³-hybridized carbons (Fsp3) is 0.111. The molecule has 6 heteroatoms. The average molecular weight is 225 g/mol. The molecule has 4 nitrogen and oxygen atoms in total. The highest BCUT2D eigenvalue weighted by molar-refractivity contribution is 7.98. The highest BCUT2D eigenvalue weighted by atomic mass is 32.2. The van der Waals surface area contributed by atoms with E-state index in [2.05, 4.69) is 9.97 Å². The van der Waals surface area contributed by atoms with Crippen LogP contribution in [-0.2, 0) is 0 Å². The minimum Gasteiger partial charge on any atom is -0.463 e. The maximum atomic E-state index is 13.8. The zero-order valence-electron chi connectivity index (χ0n) is 7.90. The van der Waals surface area contributed by atoms with E-state index in [1.54, 1.807) is 18.4 Å². The van der Waals surface area contributed by atoms with Crippen LogP contribution in [0.15, 0.2) is 27.8 Å². The summed E-state index contributed by atoms with van der Waals surface area (Å²) < 4.78 is 18.8. The number of anilines is 1. The molecule has 0 saturated carbocycles. The van der Waals surface area contributed by atoms with Gasteiger partial charge in [0.15, 0.2) is 11.6 Å². The molecule has 2 aromatic heterocycles. The van der Waals surface area contributed by atoms with Crippen LogP contribution < -0.4 is 5.73 Å². The van der Waals surface area contributed by atoms with Gasteiger partial charge in [-0.25, -0.2) is 14.4 Å². The third-order valence-electron chi connectivity index (χ3n) is 1.79. The van der Waals surface area contributed by atoms with E-state index in [1.165, 1.54) is 18.0 Å². The molecule has 78 valence electrons. The lowest BCUT2D eigenvalue weighted by atomic mass is 10.3. The summed E-state index contributed by atoms with van der Waals surface area (Å²) in [5, 5.41) is 0.217. The maximum absolute atomic E-state index is 13.8. The van der Waals surface area contributed by atoms with E-state index in [1.807, 2.05) is 0 Å². The fourth-order valence-corrected chi connectivity index (χ4v) is 1.62. The van der Waals surface area contributed by atoms with Crippen LogP contribution in [0, 0.1) is 5.82 Å². The monoisotopic (exact) mass is 225 g/mol. The summed E-state index contributed by atoms with van der Waals surface area (Å²) in [5.41, 5.74) is 5.56. The van der Waals surface area contributed by atoms with Crippen molar-refractivity contribution < 1.29 is 8.81 Å². The Kier molecular flexibility index (Phi) is 2.59. The van der Waals surface area contributed by atoms with Gasteiger partial charge < -0.3 is 10.2 Å². The van der Waals surface area contributed by atoms with E-state index in [-0.39, 0.29) is 16.7 Å². The van der Waals surface area contributed by atoms with Gasteiger partial charge >= 0.3 is 0 Å². The molecule has 0 aliphatic rings. The molecular weight excluding hydrogens is 217 g/mol. The topological polar surface area (TPSA) is 64.9 Å². The highest BCUT2D eigenvalue weighted by Crippen LogP contribution is 2.27. The number of rotatable bonds is 2. The molecule has 0 radical (unpaired) electrons. The predicted molar refractivity (Wildman–Crippen MR) is 55.9 cm³/mol. The standard InChI is InChI=1S/C9H8FN3OS/c1-15-8-6(10)7(12-9(11)13-8)5-3-2-4-14-5/h2-4H,1H3,(H2,11,12,13). The zero-order valence-corrected chi connectivity index (χ0v) is 8.71. The van der Waals surface area contributed by atoms with E-state index < -0.39 is 5.82 Å². The predicted octanol–water partition coefficient (Wildman–Crippen LogP) is 2.18. The molecule has 0 unspecified atom stereocenters. The maximum Gasteiger partial charge on any atom is 0.221 e. The quantitative estimate of drug-likeness (QED) is 0.626. The Morgan fingerprint density at radius 3 is 2.87 bits per heavy atom. The Morgan fingerprint density at radius 1 is 1.47 bits per heavy atom. The first-order chi connectivity index (χ1) is 7.22. The minimum absolute atomic E-state index is 0.0344. The van der Waals surface area contributed by atoms with E-state index >= 15 is 0 Å². The average Bonchev–Trinajstić information content (AvgIpc) is 2.74. The molecule has 15 heavy (non-hydrogen) atoms. The molecule has 2 rings (SSSR count). The summed E-state index contributed by atoms with van der Waals surface area (Å²) in [4.78, 5) is 7.58. The van der Waals surface area contributed by atoms with Gasteiger partial charge in [-0.05, 0) is 18.4 Å². The third-order valence-corrected chi connectivity index (χ3v) is 2.44. The highest BCUT2D eigenvalue weighted by Gasteiger charge is 2.16. The van der Waals surface area contributed by atoms with Gasteiger partial charge in [-0.3, -0.25) is 0 Å². The molecule has 0 amide bonds. The molecule has 0 spiro atoms. The SMILES string of the molecule is CSc1nc(N)nc(-c2ccco2)c1F. The van der Waals surface area contributed by atoms with Crippen LogP contribution in [0.3, 0.4) is 0 Å². The van der Waals surface area contributed by atoms with Crippen molar-refractivity contribution in [2.75, 3.05) is 12.0 Å². The number of nitrogen functional groups attached to an aromatic ring is 1. The number of furan rings is 1. The van der Waals surface area contributed by atoms with Gasteiger partial charge in [-0.2, -0.15) is 0 Å². The Labute approximate surface area is 89.7 Å². The van der Waals surface area contributed by atoms with E-state index in [0.717, 1.165) is 0 Å². The van der Waals surface area contributed by atoms with Gasteiger partial charge in [-0.1, -0.05) is 0 Å². The largest absolute Gasteiger partial charge is 0.463 e. The Morgan fingerprint density at radius 2 is 2.27 bits per heavy atom. The summed E-state index contributed by atoms with van der Waals surface area (Å²) in [5.74, 6) is -0.129. The second-order valence-electron chi connectivity index (χ2n) is 2.73. The van der Waals surface area contributed by atoms with Crippen LogP contribution in [0.1, 0.15) is 0 Å². The van der Waals surface area contributed by atoms with Gasteiger partial charge in [0.05, 0.1) is 6.26 Å². The van der Waals surface area contributed by atoms with Gasteiger partial charge in [0, 0.05) is 0 Å². The summed E-state index contributed by atoms with van der Waals surface area (Å²) in [6.45, 7) is 0. The van der Waals surface area contributed by atoms with Crippen molar-refractivity contribution in [2.45, 2.75) is 5.03 Å². The molecular formula is C9H8FN3OS. The van der Waals surface area contributed by atoms with E-state index in [9.17, 15) is 4.39 Å². The van der Waals surface area contributed by atoms with Crippen molar-refractivity contribution in [3.05, 3.63) is 24.2 Å². The molecule has 0 bridgehead atoms.